The van der Waals surface area contributed by atoms with Crippen molar-refractivity contribution < 1.29 is 44.3 Å². The second-order valence-corrected chi connectivity index (χ2v) is 9.01. The number of carbonyl (C=O) groups is 1. The van der Waals surface area contributed by atoms with Crippen molar-refractivity contribution in [3.63, 3.8) is 0 Å². The number of hydrogen-bond acceptors (Lipinski definition) is 4. The van der Waals surface area contributed by atoms with Crippen LogP contribution in [-0.4, -0.2) is 38.2 Å². The van der Waals surface area contributed by atoms with Gasteiger partial charge in [0.25, 0.3) is 0 Å². The van der Waals surface area contributed by atoms with Gasteiger partial charge in [-0.3, -0.25) is 4.79 Å². The zero-order valence-corrected chi connectivity index (χ0v) is 17.6. The van der Waals surface area contributed by atoms with Gasteiger partial charge in [0.05, 0.1) is 10.5 Å². The molecule has 2 aromatic carbocycles. The Morgan fingerprint density at radius 1 is 1.03 bits per heavy atom. The lowest BCUT2D eigenvalue weighted by atomic mass is 10.0. The molecule has 180 valence electrons. The first-order valence-corrected chi connectivity index (χ1v) is 11.1. The maximum absolute atomic E-state index is 12.9. The Kier molecular flexibility index (Phi) is 6.93. The maximum Gasteiger partial charge on any atom is 0.573 e. The van der Waals surface area contributed by atoms with Crippen molar-refractivity contribution in [2.24, 2.45) is 0 Å². The lowest BCUT2D eigenvalue weighted by molar-refractivity contribution is -0.274. The van der Waals surface area contributed by atoms with Crippen LogP contribution in [0.1, 0.15) is 24.0 Å². The predicted octanol–water partition coefficient (Wildman–Crippen LogP) is 4.07. The van der Waals surface area contributed by atoms with Gasteiger partial charge in [0.15, 0.2) is 0 Å². The molecular formula is C20H18F6N2O4S. The van der Waals surface area contributed by atoms with Gasteiger partial charge in [-0.15, -0.1) is 13.2 Å². The van der Waals surface area contributed by atoms with Crippen LogP contribution < -0.4 is 9.46 Å². The number of benzene rings is 2. The normalized spacial score (nSPS) is 17.8. The van der Waals surface area contributed by atoms with Gasteiger partial charge < -0.3 is 9.64 Å². The molecule has 3 rings (SSSR count). The first kappa shape index (κ1) is 24.8. The zero-order valence-electron chi connectivity index (χ0n) is 16.8. The molecule has 1 heterocycles. The highest BCUT2D eigenvalue weighted by Gasteiger charge is 2.34. The van der Waals surface area contributed by atoms with Crippen LogP contribution in [0.3, 0.4) is 0 Å². The number of sulfonamides is 1. The molecule has 1 N–H and O–H groups in total. The van der Waals surface area contributed by atoms with E-state index in [9.17, 15) is 39.6 Å². The molecule has 1 unspecified atom stereocenters. The average Bonchev–Trinajstić information content (AvgIpc) is 2.70. The fourth-order valence-corrected chi connectivity index (χ4v) is 4.57. The number of amides is 1. The number of hydrogen-bond donors (Lipinski definition) is 1. The van der Waals surface area contributed by atoms with Gasteiger partial charge in [-0.05, 0) is 54.8 Å². The van der Waals surface area contributed by atoms with Crippen molar-refractivity contribution in [1.82, 2.24) is 9.62 Å². The summed E-state index contributed by atoms with van der Waals surface area (Å²) in [6.45, 7) is 0.0985. The van der Waals surface area contributed by atoms with Crippen LogP contribution >= 0.6 is 0 Å². The monoisotopic (exact) mass is 496 g/mol. The highest BCUT2D eigenvalue weighted by atomic mass is 32.2. The van der Waals surface area contributed by atoms with Gasteiger partial charge in [0.2, 0.25) is 15.9 Å². The molecule has 33 heavy (non-hydrogen) atoms. The Labute approximate surface area is 185 Å². The lowest BCUT2D eigenvalue weighted by Crippen LogP contribution is -2.51. The van der Waals surface area contributed by atoms with Crippen molar-refractivity contribution in [3.8, 4) is 5.75 Å². The largest absolute Gasteiger partial charge is 0.573 e. The van der Waals surface area contributed by atoms with Crippen molar-refractivity contribution in [2.45, 2.75) is 42.9 Å². The number of piperidine rings is 1. The summed E-state index contributed by atoms with van der Waals surface area (Å²) in [5.74, 6) is -1.22. The molecule has 1 atom stereocenters. The van der Waals surface area contributed by atoms with E-state index in [0.29, 0.717) is 6.42 Å². The summed E-state index contributed by atoms with van der Waals surface area (Å²) in [4.78, 5) is 13.6. The number of likely N-dealkylation sites (tertiary alicyclic amines) is 1. The molecule has 6 nitrogen and oxygen atoms in total. The zero-order chi connectivity index (χ0) is 24.4. The number of halogens is 6. The van der Waals surface area contributed by atoms with Gasteiger partial charge in [0.1, 0.15) is 11.8 Å². The van der Waals surface area contributed by atoms with Crippen molar-refractivity contribution in [2.75, 3.05) is 6.54 Å². The van der Waals surface area contributed by atoms with Crippen molar-refractivity contribution >= 4 is 15.9 Å². The number of nitrogens with one attached hydrogen (secondary N) is 1. The standard InChI is InChI=1S/C20H18F6N2O4S/c21-19(22,23)14-4-1-3-13(11-14)12-28-10-2-5-17(18(28)29)27-33(30,31)16-8-6-15(7-9-16)32-20(24,25)26/h1,3-4,6-9,11,17,27H,2,5,10,12H2. The van der Waals surface area contributed by atoms with Crippen LogP contribution in [0.5, 0.6) is 5.75 Å². The number of ether oxygens (including phenoxy) is 1. The van der Waals surface area contributed by atoms with Crippen LogP contribution in [0.2, 0.25) is 0 Å². The van der Waals surface area contributed by atoms with Crippen LogP contribution in [0.15, 0.2) is 53.4 Å². The third-order valence-electron chi connectivity index (χ3n) is 4.82. The van der Waals surface area contributed by atoms with Gasteiger partial charge in [-0.2, -0.15) is 17.9 Å². The summed E-state index contributed by atoms with van der Waals surface area (Å²) >= 11 is 0. The second-order valence-electron chi connectivity index (χ2n) is 7.29. The molecule has 2 aromatic rings. The van der Waals surface area contributed by atoms with E-state index in [4.69, 9.17) is 0 Å². The fraction of sp³-hybridized carbons (Fsp3) is 0.350. The van der Waals surface area contributed by atoms with Gasteiger partial charge >= 0.3 is 12.5 Å². The summed E-state index contributed by atoms with van der Waals surface area (Å²) in [5.41, 5.74) is -0.624. The third-order valence-corrected chi connectivity index (χ3v) is 6.31. The topological polar surface area (TPSA) is 75.7 Å². The molecule has 0 aliphatic carbocycles. The summed E-state index contributed by atoms with van der Waals surface area (Å²) < 4.78 is 107. The summed E-state index contributed by atoms with van der Waals surface area (Å²) in [6.07, 6.45) is -8.92. The SMILES string of the molecule is O=C1C(NS(=O)(=O)c2ccc(OC(F)(F)F)cc2)CCCN1Cc1cccc(C(F)(F)F)c1. The van der Waals surface area contributed by atoms with E-state index >= 15 is 0 Å². The minimum atomic E-state index is -4.93. The molecule has 0 saturated carbocycles. The summed E-state index contributed by atoms with van der Waals surface area (Å²) in [7, 11) is -4.26. The molecular weight excluding hydrogens is 478 g/mol. The first-order valence-electron chi connectivity index (χ1n) is 9.58. The molecule has 0 bridgehead atoms. The Bertz CT molecular complexity index is 1100. The van der Waals surface area contributed by atoms with E-state index in [1.807, 2.05) is 0 Å². The molecule has 1 aliphatic rings. The molecule has 1 amide bonds. The van der Waals surface area contributed by atoms with Gasteiger partial charge in [-0.1, -0.05) is 12.1 Å². The van der Waals surface area contributed by atoms with Gasteiger partial charge in [-0.25, -0.2) is 8.42 Å². The number of alkyl halides is 6. The third kappa shape index (κ3) is 6.60. The van der Waals surface area contributed by atoms with E-state index in [-0.39, 0.29) is 30.0 Å². The van der Waals surface area contributed by atoms with E-state index in [1.165, 1.54) is 17.0 Å². The Hall–Kier alpha value is -2.80. The minimum absolute atomic E-state index is 0.134. The van der Waals surface area contributed by atoms with E-state index < -0.39 is 45.8 Å². The molecule has 0 spiro atoms. The molecule has 1 fully saturated rings. The highest BCUT2D eigenvalue weighted by Crippen LogP contribution is 2.30. The van der Waals surface area contributed by atoms with Crippen molar-refractivity contribution in [1.29, 1.82) is 0 Å². The van der Waals surface area contributed by atoms with Gasteiger partial charge in [0, 0.05) is 13.1 Å². The highest BCUT2D eigenvalue weighted by molar-refractivity contribution is 7.89. The van der Waals surface area contributed by atoms with Crippen LogP contribution in [-0.2, 0) is 27.5 Å². The summed E-state index contributed by atoms with van der Waals surface area (Å²) in [6, 6.07) is 6.76. The Morgan fingerprint density at radius 3 is 2.30 bits per heavy atom. The summed E-state index contributed by atoms with van der Waals surface area (Å²) in [5, 5.41) is 0. The van der Waals surface area contributed by atoms with E-state index in [0.717, 1.165) is 36.4 Å². The van der Waals surface area contributed by atoms with Crippen molar-refractivity contribution in [3.05, 3.63) is 59.7 Å². The van der Waals surface area contributed by atoms with Crippen LogP contribution in [0.4, 0.5) is 26.3 Å². The number of rotatable bonds is 6. The first-order chi connectivity index (χ1) is 15.2. The molecule has 13 heteroatoms. The van der Waals surface area contributed by atoms with Crippen LogP contribution in [0, 0.1) is 0 Å². The molecule has 1 saturated heterocycles. The fourth-order valence-electron chi connectivity index (χ4n) is 3.35. The molecule has 0 aromatic heterocycles. The lowest BCUT2D eigenvalue weighted by Gasteiger charge is -2.32. The van der Waals surface area contributed by atoms with E-state index in [1.54, 1.807) is 0 Å². The number of carbonyl (C=O) groups excluding carboxylic acids is 1. The molecule has 1 aliphatic heterocycles. The number of nitrogens with zero attached hydrogens (tertiary/aromatic N) is 1. The maximum atomic E-state index is 12.9. The predicted molar refractivity (Wildman–Crippen MR) is 103 cm³/mol. The molecule has 0 radical (unpaired) electrons. The minimum Gasteiger partial charge on any atom is -0.406 e. The smallest absolute Gasteiger partial charge is 0.406 e. The van der Waals surface area contributed by atoms with E-state index in [2.05, 4.69) is 9.46 Å². The average molecular weight is 496 g/mol. The quantitative estimate of drug-likeness (QED) is 0.612. The Morgan fingerprint density at radius 2 is 1.70 bits per heavy atom. The second kappa shape index (κ2) is 9.21. The Balaban J connectivity index is 1.69. The van der Waals surface area contributed by atoms with Crippen LogP contribution in [0.25, 0.3) is 0 Å².